The lowest BCUT2D eigenvalue weighted by molar-refractivity contribution is 0.320. The quantitative estimate of drug-likeness (QED) is 0.467. The molecule has 0 aliphatic rings. The van der Waals surface area contributed by atoms with E-state index in [2.05, 4.69) is 60.6 Å². The van der Waals surface area contributed by atoms with Gasteiger partial charge in [0.15, 0.2) is 0 Å². The monoisotopic (exact) mass is 253 g/mol. The van der Waals surface area contributed by atoms with Gasteiger partial charge in [0.25, 0.3) is 0 Å². The summed E-state index contributed by atoms with van der Waals surface area (Å²) in [5.74, 6) is 0.475. The van der Waals surface area contributed by atoms with Crippen LogP contribution in [0.25, 0.3) is 11.1 Å². The average molecular weight is 253 g/mol. The first kappa shape index (κ1) is 13.3. The molecule has 0 aromatic heterocycles. The van der Waals surface area contributed by atoms with E-state index in [9.17, 15) is 0 Å². The van der Waals surface area contributed by atoms with Crippen LogP contribution in [0.5, 0.6) is 0 Å². The highest BCUT2D eigenvalue weighted by molar-refractivity contribution is 5.63. The Labute approximate surface area is 114 Å². The van der Waals surface area contributed by atoms with Gasteiger partial charge in [-0.2, -0.15) is 0 Å². The number of nitrogens with zero attached hydrogens (tertiary/aromatic N) is 1. The van der Waals surface area contributed by atoms with E-state index in [0.29, 0.717) is 5.92 Å². The maximum atomic E-state index is 8.38. The van der Waals surface area contributed by atoms with E-state index in [1.54, 1.807) is 6.21 Å². The predicted octanol–water partition coefficient (Wildman–Crippen LogP) is 4.70. The zero-order valence-electron chi connectivity index (χ0n) is 11.2. The van der Waals surface area contributed by atoms with Gasteiger partial charge in [-0.25, -0.2) is 0 Å². The Bertz CT molecular complexity index is 517. The Morgan fingerprint density at radius 3 is 2.26 bits per heavy atom. The molecule has 0 fully saturated rings. The average Bonchev–Trinajstić information content (AvgIpc) is 2.48. The summed E-state index contributed by atoms with van der Waals surface area (Å²) in [6.45, 7) is 2.20. The molecule has 0 bridgehead atoms. The van der Waals surface area contributed by atoms with Crippen molar-refractivity contribution in [3.8, 4) is 11.1 Å². The molecule has 0 aliphatic carbocycles. The first-order chi connectivity index (χ1) is 9.31. The van der Waals surface area contributed by atoms with Crippen LogP contribution in [0.15, 0.2) is 59.8 Å². The molecule has 2 aromatic carbocycles. The lowest BCUT2D eigenvalue weighted by Gasteiger charge is -2.11. The first-order valence-corrected chi connectivity index (χ1v) is 6.62. The summed E-state index contributed by atoms with van der Waals surface area (Å²) in [5.41, 5.74) is 3.81. The summed E-state index contributed by atoms with van der Waals surface area (Å²) in [4.78, 5) is 0. The third-order valence-corrected chi connectivity index (χ3v) is 3.40. The minimum atomic E-state index is 0.475. The van der Waals surface area contributed by atoms with Crippen molar-refractivity contribution in [1.82, 2.24) is 0 Å². The number of hydrogen-bond donors (Lipinski definition) is 1. The summed E-state index contributed by atoms with van der Waals surface area (Å²) >= 11 is 0. The van der Waals surface area contributed by atoms with Crippen molar-refractivity contribution < 1.29 is 5.21 Å². The lowest BCUT2D eigenvalue weighted by atomic mass is 9.94. The zero-order chi connectivity index (χ0) is 13.5. The van der Waals surface area contributed by atoms with Crippen molar-refractivity contribution in [2.24, 2.45) is 5.16 Å². The molecule has 19 heavy (non-hydrogen) atoms. The number of oxime groups is 1. The second-order valence-electron chi connectivity index (χ2n) is 4.76. The van der Waals surface area contributed by atoms with Gasteiger partial charge in [0.1, 0.15) is 0 Å². The molecule has 98 valence electrons. The molecule has 1 unspecified atom stereocenters. The minimum absolute atomic E-state index is 0.475. The topological polar surface area (TPSA) is 32.6 Å². The molecule has 0 radical (unpaired) electrons. The summed E-state index contributed by atoms with van der Waals surface area (Å²) in [5, 5.41) is 11.4. The van der Waals surface area contributed by atoms with E-state index < -0.39 is 0 Å². The highest BCUT2D eigenvalue weighted by Crippen LogP contribution is 2.24. The molecule has 0 heterocycles. The summed E-state index contributed by atoms with van der Waals surface area (Å²) in [6, 6.07) is 19.1. The standard InChI is InChI=1S/C17H19NO/c1-14(6-5-13-18-19)15-9-11-17(12-10-15)16-7-3-2-4-8-16/h2-4,7-14,19H,5-6H2,1H3. The summed E-state index contributed by atoms with van der Waals surface area (Å²) in [7, 11) is 0. The predicted molar refractivity (Wildman–Crippen MR) is 79.8 cm³/mol. The highest BCUT2D eigenvalue weighted by atomic mass is 16.4. The molecule has 2 nitrogen and oxygen atoms in total. The van der Waals surface area contributed by atoms with Crippen molar-refractivity contribution in [3.63, 3.8) is 0 Å². The fourth-order valence-corrected chi connectivity index (χ4v) is 2.18. The van der Waals surface area contributed by atoms with E-state index in [4.69, 9.17) is 5.21 Å². The number of benzene rings is 2. The molecule has 1 N–H and O–H groups in total. The van der Waals surface area contributed by atoms with Crippen LogP contribution >= 0.6 is 0 Å². The van der Waals surface area contributed by atoms with E-state index >= 15 is 0 Å². The molecule has 0 saturated heterocycles. The van der Waals surface area contributed by atoms with Gasteiger partial charge in [0.2, 0.25) is 0 Å². The van der Waals surface area contributed by atoms with Gasteiger partial charge in [0.05, 0.1) is 0 Å². The van der Waals surface area contributed by atoms with Gasteiger partial charge >= 0.3 is 0 Å². The first-order valence-electron chi connectivity index (χ1n) is 6.62. The Balaban J connectivity index is 2.06. The number of rotatable bonds is 5. The zero-order valence-corrected chi connectivity index (χ0v) is 11.2. The van der Waals surface area contributed by atoms with Gasteiger partial charge in [-0.15, -0.1) is 5.16 Å². The van der Waals surface area contributed by atoms with E-state index in [-0.39, 0.29) is 0 Å². The van der Waals surface area contributed by atoms with Gasteiger partial charge in [-0.1, -0.05) is 61.5 Å². The summed E-state index contributed by atoms with van der Waals surface area (Å²) in [6.07, 6.45) is 3.35. The molecule has 0 saturated carbocycles. The molecule has 2 aromatic rings. The number of hydrogen-bond acceptors (Lipinski definition) is 2. The van der Waals surface area contributed by atoms with Gasteiger partial charge < -0.3 is 5.21 Å². The van der Waals surface area contributed by atoms with Crippen LogP contribution in [-0.2, 0) is 0 Å². The van der Waals surface area contributed by atoms with E-state index in [0.717, 1.165) is 12.8 Å². The molecule has 0 spiro atoms. The van der Waals surface area contributed by atoms with Crippen molar-refractivity contribution in [2.75, 3.05) is 0 Å². The molecular weight excluding hydrogens is 234 g/mol. The lowest BCUT2D eigenvalue weighted by Crippen LogP contribution is -1.94. The van der Waals surface area contributed by atoms with Crippen LogP contribution in [0.3, 0.4) is 0 Å². The summed E-state index contributed by atoms with van der Waals surface area (Å²) < 4.78 is 0. The minimum Gasteiger partial charge on any atom is -0.411 e. The molecule has 0 aliphatic heterocycles. The molecule has 2 heteroatoms. The maximum Gasteiger partial charge on any atom is 0.0436 e. The van der Waals surface area contributed by atoms with Crippen LogP contribution in [0.4, 0.5) is 0 Å². The third-order valence-electron chi connectivity index (χ3n) is 3.40. The fourth-order valence-electron chi connectivity index (χ4n) is 2.18. The van der Waals surface area contributed by atoms with E-state index in [1.807, 2.05) is 6.07 Å². The van der Waals surface area contributed by atoms with Gasteiger partial charge in [-0.05, 0) is 35.4 Å². The molecule has 0 amide bonds. The molecular formula is C17H19NO. The Morgan fingerprint density at radius 2 is 1.63 bits per heavy atom. The van der Waals surface area contributed by atoms with Crippen LogP contribution < -0.4 is 0 Å². The molecule has 2 rings (SSSR count). The normalized spacial score (nSPS) is 12.7. The highest BCUT2D eigenvalue weighted by Gasteiger charge is 2.05. The Morgan fingerprint density at radius 1 is 1.00 bits per heavy atom. The SMILES string of the molecule is CC(CCC=NO)c1ccc(-c2ccccc2)cc1. The van der Waals surface area contributed by atoms with Crippen molar-refractivity contribution >= 4 is 6.21 Å². The van der Waals surface area contributed by atoms with Crippen LogP contribution in [0, 0.1) is 0 Å². The van der Waals surface area contributed by atoms with Crippen LogP contribution in [-0.4, -0.2) is 11.4 Å². The Kier molecular flexibility index (Phi) is 4.73. The van der Waals surface area contributed by atoms with Crippen molar-refractivity contribution in [3.05, 3.63) is 60.2 Å². The third kappa shape index (κ3) is 3.68. The Hall–Kier alpha value is -2.09. The van der Waals surface area contributed by atoms with E-state index in [1.165, 1.54) is 16.7 Å². The fraction of sp³-hybridized carbons (Fsp3) is 0.235. The molecule has 1 atom stereocenters. The smallest absolute Gasteiger partial charge is 0.0436 e. The van der Waals surface area contributed by atoms with Crippen molar-refractivity contribution in [2.45, 2.75) is 25.7 Å². The second kappa shape index (κ2) is 6.74. The van der Waals surface area contributed by atoms with Crippen LogP contribution in [0.1, 0.15) is 31.2 Å². The second-order valence-corrected chi connectivity index (χ2v) is 4.76. The van der Waals surface area contributed by atoms with Crippen molar-refractivity contribution in [1.29, 1.82) is 0 Å². The van der Waals surface area contributed by atoms with Gasteiger partial charge in [-0.3, -0.25) is 0 Å². The van der Waals surface area contributed by atoms with Crippen LogP contribution in [0.2, 0.25) is 0 Å². The largest absolute Gasteiger partial charge is 0.411 e. The van der Waals surface area contributed by atoms with Gasteiger partial charge in [0, 0.05) is 6.21 Å². The maximum absolute atomic E-state index is 8.38.